The summed E-state index contributed by atoms with van der Waals surface area (Å²) in [5.41, 5.74) is 2.79. The molecule has 0 aromatic heterocycles. The molecule has 1 N–H and O–H groups in total. The number of aryl methyl sites for hydroxylation is 1. The summed E-state index contributed by atoms with van der Waals surface area (Å²) < 4.78 is 0.328. The van der Waals surface area contributed by atoms with Gasteiger partial charge in [0.25, 0.3) is 0 Å². The Balaban J connectivity index is 2.35. The van der Waals surface area contributed by atoms with Crippen LogP contribution in [0, 0.1) is 0 Å². The number of para-hydroxylation sites is 1. The maximum absolute atomic E-state index is 3.56. The fourth-order valence-corrected chi connectivity index (χ4v) is 2.28. The molecule has 1 nitrogen and oxygen atoms in total. The Labute approximate surface area is 84.0 Å². The zero-order valence-electron chi connectivity index (χ0n) is 7.10. The summed E-state index contributed by atoms with van der Waals surface area (Å²) in [6, 6.07) is 8.60. The first kappa shape index (κ1) is 8.29. The van der Waals surface area contributed by atoms with E-state index in [0.29, 0.717) is 4.01 Å². The van der Waals surface area contributed by atoms with Crippen molar-refractivity contribution in [1.82, 2.24) is 0 Å². The van der Waals surface area contributed by atoms with E-state index in [1.54, 1.807) is 0 Å². The molecule has 12 heavy (non-hydrogen) atoms. The van der Waals surface area contributed by atoms with Gasteiger partial charge in [-0.2, -0.15) is 0 Å². The van der Waals surface area contributed by atoms with Crippen LogP contribution in [0.1, 0.15) is 18.9 Å². The number of nitrogens with one attached hydrogen (secondary N) is 1. The molecule has 0 fully saturated rings. The van der Waals surface area contributed by atoms with E-state index in [2.05, 4.69) is 36.5 Å². The first-order chi connectivity index (χ1) is 5.67. The number of hydrogen-bond acceptors (Lipinski definition) is 1. The summed E-state index contributed by atoms with van der Waals surface area (Å²) in [4.78, 5) is 0. The zero-order chi connectivity index (χ0) is 8.60. The van der Waals surface area contributed by atoms with Crippen molar-refractivity contribution in [2.75, 3.05) is 5.32 Å². The van der Waals surface area contributed by atoms with Crippen LogP contribution in [0.5, 0.6) is 0 Å². The summed E-state index contributed by atoms with van der Waals surface area (Å²) in [5, 5.41) is 3.56. The van der Waals surface area contributed by atoms with Gasteiger partial charge in [0.15, 0.2) is 0 Å². The molecule has 2 rings (SSSR count). The van der Waals surface area contributed by atoms with E-state index in [1.165, 1.54) is 24.1 Å². The molecule has 1 atom stereocenters. The molecule has 0 saturated carbocycles. The minimum absolute atomic E-state index is 0.328. The fraction of sp³-hybridized carbons (Fsp3) is 0.400. The molecular formula is C10H12NRe. The predicted molar refractivity (Wildman–Crippen MR) is 46.8 cm³/mol. The molecule has 0 aliphatic carbocycles. The van der Waals surface area contributed by atoms with Crippen molar-refractivity contribution < 1.29 is 19.2 Å². The summed E-state index contributed by atoms with van der Waals surface area (Å²) >= 11 is 1.84. The van der Waals surface area contributed by atoms with Gasteiger partial charge < -0.3 is 0 Å². The summed E-state index contributed by atoms with van der Waals surface area (Å²) in [7, 11) is 0. The standard InChI is InChI=1S/C10H12N.Re/c1-8-6-7-9-4-2-3-5-10(9)11-8;/h2-5,11H,6-7H2,1H3;. The molecule has 0 bridgehead atoms. The first-order valence-electron chi connectivity index (χ1n) is 4.22. The normalized spacial score (nSPS) is 27.5. The van der Waals surface area contributed by atoms with Gasteiger partial charge in [-0.05, 0) is 0 Å². The summed E-state index contributed by atoms with van der Waals surface area (Å²) in [5.74, 6) is 0. The van der Waals surface area contributed by atoms with Crippen molar-refractivity contribution in [3.05, 3.63) is 29.8 Å². The van der Waals surface area contributed by atoms with Crippen LogP contribution in [-0.2, 0) is 25.6 Å². The number of rotatable bonds is 0. The molecule has 0 amide bonds. The average Bonchev–Trinajstić information content (AvgIpc) is 2.02. The van der Waals surface area contributed by atoms with Crippen LogP contribution in [0.2, 0.25) is 0 Å². The Morgan fingerprint density at radius 2 is 2.17 bits per heavy atom. The average molecular weight is 332 g/mol. The predicted octanol–water partition coefficient (Wildman–Crippen LogP) is 2.31. The Kier molecular flexibility index (Phi) is 1.98. The molecule has 2 heteroatoms. The van der Waals surface area contributed by atoms with Gasteiger partial charge in [-0.1, -0.05) is 0 Å². The third-order valence-corrected chi connectivity index (χ3v) is 3.29. The van der Waals surface area contributed by atoms with Gasteiger partial charge >= 0.3 is 83.8 Å². The number of benzene rings is 1. The van der Waals surface area contributed by atoms with E-state index < -0.39 is 0 Å². The van der Waals surface area contributed by atoms with Gasteiger partial charge in [0.2, 0.25) is 0 Å². The van der Waals surface area contributed by atoms with Crippen LogP contribution in [0.15, 0.2) is 24.3 Å². The van der Waals surface area contributed by atoms with Crippen LogP contribution in [0.4, 0.5) is 5.69 Å². The van der Waals surface area contributed by atoms with Crippen molar-refractivity contribution >= 4 is 5.69 Å². The Hall–Kier alpha value is -0.318. The van der Waals surface area contributed by atoms with Gasteiger partial charge in [0.1, 0.15) is 0 Å². The van der Waals surface area contributed by atoms with Crippen molar-refractivity contribution in [1.29, 1.82) is 0 Å². The monoisotopic (exact) mass is 333 g/mol. The van der Waals surface area contributed by atoms with Crippen LogP contribution >= 0.6 is 0 Å². The second-order valence-electron chi connectivity index (χ2n) is 3.48. The summed E-state index contributed by atoms with van der Waals surface area (Å²) in [6.45, 7) is 2.28. The van der Waals surface area contributed by atoms with Gasteiger partial charge in [-0.3, -0.25) is 0 Å². The van der Waals surface area contributed by atoms with Crippen LogP contribution in [0.25, 0.3) is 0 Å². The van der Waals surface area contributed by atoms with Crippen molar-refractivity contribution in [2.24, 2.45) is 0 Å². The molecule has 0 radical (unpaired) electrons. The van der Waals surface area contributed by atoms with E-state index in [9.17, 15) is 0 Å². The molecule has 1 aromatic rings. The summed E-state index contributed by atoms with van der Waals surface area (Å²) in [6.07, 6.45) is 2.47. The molecule has 0 spiro atoms. The van der Waals surface area contributed by atoms with Crippen LogP contribution < -0.4 is 5.32 Å². The van der Waals surface area contributed by atoms with E-state index in [-0.39, 0.29) is 0 Å². The molecule has 1 aliphatic heterocycles. The molecule has 64 valence electrons. The maximum atomic E-state index is 3.56. The zero-order valence-corrected chi connectivity index (χ0v) is 9.82. The Bertz CT molecular complexity index is 294. The molecule has 1 aromatic carbocycles. The van der Waals surface area contributed by atoms with Gasteiger partial charge in [0, 0.05) is 0 Å². The molecule has 1 unspecified atom stereocenters. The van der Waals surface area contributed by atoms with Crippen molar-refractivity contribution in [3.63, 3.8) is 0 Å². The van der Waals surface area contributed by atoms with Crippen LogP contribution in [0.3, 0.4) is 0 Å². The minimum atomic E-state index is 0.328. The number of hydrogen-bond donors (Lipinski definition) is 1. The number of anilines is 1. The van der Waals surface area contributed by atoms with Gasteiger partial charge in [-0.15, -0.1) is 0 Å². The molecule has 1 heterocycles. The third kappa shape index (κ3) is 1.55. The number of fused-ring (bicyclic) bond motifs is 1. The van der Waals surface area contributed by atoms with E-state index in [0.717, 1.165) is 0 Å². The van der Waals surface area contributed by atoms with Crippen molar-refractivity contribution in [3.8, 4) is 0 Å². The van der Waals surface area contributed by atoms with Gasteiger partial charge in [-0.25, -0.2) is 0 Å². The molecule has 0 saturated heterocycles. The Morgan fingerprint density at radius 3 is 3.00 bits per heavy atom. The second kappa shape index (κ2) is 2.87. The van der Waals surface area contributed by atoms with Gasteiger partial charge in [0.05, 0.1) is 0 Å². The quantitative estimate of drug-likeness (QED) is 0.769. The SMILES string of the molecule is C[C]1([Re])CCc2ccccc2N1. The van der Waals surface area contributed by atoms with Crippen molar-refractivity contribution in [2.45, 2.75) is 23.8 Å². The van der Waals surface area contributed by atoms with E-state index in [4.69, 9.17) is 0 Å². The topological polar surface area (TPSA) is 12.0 Å². The second-order valence-corrected chi connectivity index (χ2v) is 6.48. The van der Waals surface area contributed by atoms with E-state index in [1.807, 2.05) is 19.2 Å². The Morgan fingerprint density at radius 1 is 1.42 bits per heavy atom. The van der Waals surface area contributed by atoms with E-state index >= 15 is 0 Å². The van der Waals surface area contributed by atoms with Crippen LogP contribution in [-0.4, -0.2) is 4.01 Å². The fourth-order valence-electron chi connectivity index (χ4n) is 1.57. The first-order valence-corrected chi connectivity index (χ1v) is 5.58. The third-order valence-electron chi connectivity index (χ3n) is 2.28. The molecular weight excluding hydrogens is 320 g/mol. The molecule has 1 aliphatic rings.